The molecule has 2 N–H and O–H groups in total. The van der Waals surface area contributed by atoms with E-state index in [-0.39, 0.29) is 0 Å². The highest BCUT2D eigenvalue weighted by Crippen LogP contribution is 2.32. The molecule has 0 bridgehead atoms. The molecule has 1 aromatic heterocycles. The van der Waals surface area contributed by atoms with Crippen LogP contribution >= 0.6 is 0 Å². The number of hydrogen-bond acceptors (Lipinski definition) is 6. The summed E-state index contributed by atoms with van der Waals surface area (Å²) in [6.07, 6.45) is 4.41. The van der Waals surface area contributed by atoms with Crippen molar-refractivity contribution >= 4 is 11.8 Å². The van der Waals surface area contributed by atoms with Gasteiger partial charge in [-0.05, 0) is 24.1 Å². The first-order valence-corrected chi connectivity index (χ1v) is 7.49. The molecule has 1 unspecified atom stereocenters. The molecule has 1 fully saturated rings. The van der Waals surface area contributed by atoms with Crippen molar-refractivity contribution in [3.63, 3.8) is 0 Å². The van der Waals surface area contributed by atoms with Crippen LogP contribution in [0.15, 0.2) is 29.0 Å². The second-order valence-electron chi connectivity index (χ2n) is 5.68. The van der Waals surface area contributed by atoms with Gasteiger partial charge in [0, 0.05) is 43.7 Å². The molecule has 1 atom stereocenters. The Labute approximate surface area is 130 Å². The van der Waals surface area contributed by atoms with Crippen molar-refractivity contribution in [2.24, 2.45) is 10.7 Å². The summed E-state index contributed by atoms with van der Waals surface area (Å²) in [6, 6.07) is 3.87. The molecule has 2 aliphatic rings. The number of nitrogens with zero attached hydrogens (tertiary/aromatic N) is 3. The lowest BCUT2D eigenvalue weighted by atomic mass is 9.91. The van der Waals surface area contributed by atoms with E-state index in [0.717, 1.165) is 49.6 Å². The Kier molecular flexibility index (Phi) is 4.24. The Bertz CT molecular complexity index is 591. The molecule has 1 saturated heterocycles. The van der Waals surface area contributed by atoms with Gasteiger partial charge < -0.3 is 15.2 Å². The van der Waals surface area contributed by atoms with Crippen LogP contribution in [0.2, 0.25) is 0 Å². The Balaban J connectivity index is 1.85. The quantitative estimate of drug-likeness (QED) is 0.910. The summed E-state index contributed by atoms with van der Waals surface area (Å²) in [6.45, 7) is 5.10. The molecule has 0 amide bonds. The van der Waals surface area contributed by atoms with Crippen LogP contribution in [-0.2, 0) is 4.74 Å². The topological polar surface area (TPSA) is 73.0 Å². The number of ether oxygens (including phenoxy) is 2. The molecular formula is C16H22N4O2. The number of methoxy groups -OCH3 is 1. The third-order valence-electron chi connectivity index (χ3n) is 4.27. The van der Waals surface area contributed by atoms with Crippen LogP contribution in [0.3, 0.4) is 0 Å². The van der Waals surface area contributed by atoms with Gasteiger partial charge in [0.2, 0.25) is 5.88 Å². The molecule has 22 heavy (non-hydrogen) atoms. The first-order valence-electron chi connectivity index (χ1n) is 7.49. The number of morpholine rings is 1. The number of nitrogens with two attached hydrogens (primary N) is 1. The maximum absolute atomic E-state index is 6.62. The Morgan fingerprint density at radius 3 is 2.73 bits per heavy atom. The largest absolute Gasteiger partial charge is 0.481 e. The highest BCUT2D eigenvalue weighted by molar-refractivity contribution is 5.82. The summed E-state index contributed by atoms with van der Waals surface area (Å²) < 4.78 is 10.5. The fourth-order valence-electron chi connectivity index (χ4n) is 2.91. The van der Waals surface area contributed by atoms with Crippen molar-refractivity contribution in [2.45, 2.75) is 19.0 Å². The van der Waals surface area contributed by atoms with Gasteiger partial charge >= 0.3 is 0 Å². The first-order chi connectivity index (χ1) is 10.6. The molecule has 0 radical (unpaired) electrons. The molecule has 0 spiro atoms. The van der Waals surface area contributed by atoms with E-state index in [0.29, 0.717) is 5.88 Å². The number of aliphatic imine (C=N–C) groups is 1. The first kappa shape index (κ1) is 15.1. The molecule has 2 aliphatic heterocycles. The van der Waals surface area contributed by atoms with Crippen molar-refractivity contribution in [3.8, 4) is 5.88 Å². The van der Waals surface area contributed by atoms with Gasteiger partial charge in [0.15, 0.2) is 0 Å². The number of pyridine rings is 1. The lowest BCUT2D eigenvalue weighted by Crippen LogP contribution is -2.61. The zero-order valence-electron chi connectivity index (χ0n) is 13.1. The van der Waals surface area contributed by atoms with E-state index < -0.39 is 5.66 Å². The molecule has 0 aliphatic carbocycles. The normalized spacial score (nSPS) is 26.3. The minimum Gasteiger partial charge on any atom is -0.481 e. The summed E-state index contributed by atoms with van der Waals surface area (Å²) in [5.74, 6) is 0.605. The fraction of sp³-hybridized carbons (Fsp3) is 0.500. The average Bonchev–Trinajstić information content (AvgIpc) is 2.58. The SMILES string of the molecule is COc1ccc(C2=C(C)N=CC(N)(N3CCOCC3)C2)cn1. The van der Waals surface area contributed by atoms with Gasteiger partial charge in [-0.2, -0.15) is 0 Å². The maximum Gasteiger partial charge on any atom is 0.212 e. The van der Waals surface area contributed by atoms with Gasteiger partial charge in [0.05, 0.1) is 20.3 Å². The Morgan fingerprint density at radius 1 is 1.32 bits per heavy atom. The highest BCUT2D eigenvalue weighted by atomic mass is 16.5. The zero-order chi connectivity index (χ0) is 15.6. The maximum atomic E-state index is 6.62. The third kappa shape index (κ3) is 2.90. The van der Waals surface area contributed by atoms with Crippen LogP contribution in [0, 0.1) is 0 Å². The zero-order valence-corrected chi connectivity index (χ0v) is 13.1. The number of allylic oxidation sites excluding steroid dienone is 1. The average molecular weight is 302 g/mol. The van der Waals surface area contributed by atoms with E-state index >= 15 is 0 Å². The number of aromatic nitrogens is 1. The monoisotopic (exact) mass is 302 g/mol. The number of hydrogen-bond donors (Lipinski definition) is 1. The lowest BCUT2D eigenvalue weighted by molar-refractivity contribution is 0.00433. The Morgan fingerprint density at radius 2 is 2.09 bits per heavy atom. The second-order valence-corrected chi connectivity index (χ2v) is 5.68. The van der Waals surface area contributed by atoms with Crippen LogP contribution < -0.4 is 10.5 Å². The minimum atomic E-state index is -0.557. The summed E-state index contributed by atoms with van der Waals surface area (Å²) in [5.41, 5.74) is 9.22. The number of rotatable bonds is 3. The molecular weight excluding hydrogens is 280 g/mol. The smallest absolute Gasteiger partial charge is 0.212 e. The van der Waals surface area contributed by atoms with E-state index in [1.165, 1.54) is 0 Å². The van der Waals surface area contributed by atoms with Gasteiger partial charge in [-0.1, -0.05) is 0 Å². The minimum absolute atomic E-state index is 0.557. The van der Waals surface area contributed by atoms with Gasteiger partial charge in [0.1, 0.15) is 5.66 Å². The van der Waals surface area contributed by atoms with Crippen molar-refractivity contribution in [3.05, 3.63) is 29.6 Å². The van der Waals surface area contributed by atoms with Crippen LogP contribution in [0.25, 0.3) is 5.57 Å². The molecule has 6 heteroatoms. The van der Waals surface area contributed by atoms with E-state index in [1.54, 1.807) is 7.11 Å². The van der Waals surface area contributed by atoms with E-state index in [4.69, 9.17) is 15.2 Å². The summed E-state index contributed by atoms with van der Waals surface area (Å²) in [5, 5.41) is 0. The lowest BCUT2D eigenvalue weighted by Gasteiger charge is -2.42. The van der Waals surface area contributed by atoms with E-state index in [9.17, 15) is 0 Å². The van der Waals surface area contributed by atoms with Crippen molar-refractivity contribution in [1.82, 2.24) is 9.88 Å². The molecule has 1 aromatic rings. The second kappa shape index (κ2) is 6.16. The van der Waals surface area contributed by atoms with Gasteiger partial charge in [0.25, 0.3) is 0 Å². The molecule has 3 heterocycles. The van der Waals surface area contributed by atoms with Crippen LogP contribution in [0.5, 0.6) is 5.88 Å². The predicted octanol–water partition coefficient (Wildman–Crippen LogP) is 1.28. The molecule has 6 nitrogen and oxygen atoms in total. The van der Waals surface area contributed by atoms with E-state index in [2.05, 4.69) is 14.9 Å². The summed E-state index contributed by atoms with van der Waals surface area (Å²) in [7, 11) is 1.61. The van der Waals surface area contributed by atoms with Gasteiger partial charge in [-0.25, -0.2) is 4.98 Å². The van der Waals surface area contributed by atoms with Crippen molar-refractivity contribution in [1.29, 1.82) is 0 Å². The molecule has 0 aromatic carbocycles. The molecule has 0 saturated carbocycles. The highest BCUT2D eigenvalue weighted by Gasteiger charge is 2.35. The van der Waals surface area contributed by atoms with Crippen LogP contribution in [-0.4, -0.2) is 55.2 Å². The molecule has 118 valence electrons. The Hall–Kier alpha value is -1.76. The predicted molar refractivity (Wildman–Crippen MR) is 85.8 cm³/mol. The van der Waals surface area contributed by atoms with Crippen LogP contribution in [0.4, 0.5) is 0 Å². The van der Waals surface area contributed by atoms with E-state index in [1.807, 2.05) is 31.5 Å². The van der Waals surface area contributed by atoms with Gasteiger partial charge in [-0.15, -0.1) is 0 Å². The van der Waals surface area contributed by atoms with Crippen molar-refractivity contribution in [2.75, 3.05) is 33.4 Å². The fourth-order valence-corrected chi connectivity index (χ4v) is 2.91. The van der Waals surface area contributed by atoms with Crippen molar-refractivity contribution < 1.29 is 9.47 Å². The van der Waals surface area contributed by atoms with Crippen LogP contribution in [0.1, 0.15) is 18.9 Å². The van der Waals surface area contributed by atoms with Gasteiger partial charge in [-0.3, -0.25) is 9.89 Å². The summed E-state index contributed by atoms with van der Waals surface area (Å²) in [4.78, 5) is 11.1. The standard InChI is InChI=1S/C16H22N4O2/c1-12-14(13-3-4-15(21-2)18-10-13)9-16(17,11-19-12)20-5-7-22-8-6-20/h3-4,10-11H,5-9,17H2,1-2H3. The summed E-state index contributed by atoms with van der Waals surface area (Å²) >= 11 is 0. The molecule has 3 rings (SSSR count). The third-order valence-corrected chi connectivity index (χ3v) is 4.27.